The molecule has 1 saturated heterocycles. The van der Waals surface area contributed by atoms with Gasteiger partial charge in [0.15, 0.2) is 0 Å². The lowest BCUT2D eigenvalue weighted by molar-refractivity contribution is 0.157. The van der Waals surface area contributed by atoms with E-state index in [0.717, 1.165) is 34.5 Å². The van der Waals surface area contributed by atoms with Crippen LogP contribution in [0.1, 0.15) is 26.6 Å². The molecule has 13 nitrogen and oxygen atoms in total. The average molecular weight is 501 g/mol. The number of hydrogen-bond acceptors (Lipinski definition) is 10. The van der Waals surface area contributed by atoms with Gasteiger partial charge in [0, 0.05) is 37.3 Å². The van der Waals surface area contributed by atoms with Crippen LogP contribution in [0.5, 0.6) is 0 Å². The first kappa shape index (κ1) is 29.4. The molecule has 0 spiro atoms. The van der Waals surface area contributed by atoms with E-state index in [9.17, 15) is 4.79 Å². The van der Waals surface area contributed by atoms with E-state index in [-0.39, 0.29) is 6.03 Å². The Labute approximate surface area is 211 Å². The van der Waals surface area contributed by atoms with E-state index < -0.39 is 0 Å². The number of nitrogens with zero attached hydrogens (tertiary/aromatic N) is 5. The maximum atomic E-state index is 10.5. The van der Waals surface area contributed by atoms with Crippen molar-refractivity contribution < 1.29 is 14.5 Å². The third-order valence-electron chi connectivity index (χ3n) is 4.15. The molecule has 36 heavy (non-hydrogen) atoms. The number of amidine groups is 1. The Bertz CT molecular complexity index is 1010. The predicted octanol–water partition coefficient (Wildman–Crippen LogP) is 2.47. The van der Waals surface area contributed by atoms with E-state index in [2.05, 4.69) is 73.0 Å². The normalized spacial score (nSPS) is 16.8. The number of carbonyl (C=O) groups excluding carboxylic acids is 1. The highest BCUT2D eigenvalue weighted by Gasteiger charge is 2.17. The number of aryl methyl sites for hydroxylation is 1. The largest absolute Gasteiger partial charge is 0.387 e. The van der Waals surface area contributed by atoms with Gasteiger partial charge in [-0.05, 0) is 40.3 Å². The van der Waals surface area contributed by atoms with Crippen molar-refractivity contribution in [3.05, 3.63) is 85.0 Å². The van der Waals surface area contributed by atoms with Crippen LogP contribution >= 0.6 is 0 Å². The van der Waals surface area contributed by atoms with Gasteiger partial charge in [-0.1, -0.05) is 19.7 Å². The number of H-pyrrole nitrogens is 1. The summed E-state index contributed by atoms with van der Waals surface area (Å²) in [6.07, 6.45) is 5.31. The van der Waals surface area contributed by atoms with Gasteiger partial charge in [-0.2, -0.15) is 10.1 Å². The standard InChI is InChI=1S/C6H10N2.C5H8N2O.C5H7NO.C4H6N2O.C3H5N3/c1-5-4-6(2)8(3)7-5;1-4-3-7(2)5(8)6-4;1-4-3-5(2)7-6-4;1-3-5-4(2)7-6-3;1-3-4-2-5-6-3/h4,7H,1H2,2-3H3;1,3H2,2H3,(H,6,8);3,6H,1H2,2H3;2H2,1H3,(H,5,6);2H,1H3,(H,4,5,6). The number of hydrazine groups is 1. The Morgan fingerprint density at radius 2 is 1.67 bits per heavy atom. The van der Waals surface area contributed by atoms with Crippen molar-refractivity contribution in [2.75, 3.05) is 20.6 Å². The maximum absolute atomic E-state index is 10.5. The van der Waals surface area contributed by atoms with Crippen LogP contribution in [0, 0.1) is 6.92 Å². The number of allylic oxidation sites excluding steroid dienone is 4. The van der Waals surface area contributed by atoms with Crippen LogP contribution in [0.25, 0.3) is 0 Å². The fourth-order valence-electron chi connectivity index (χ4n) is 2.41. The second-order valence-electron chi connectivity index (χ2n) is 7.72. The molecule has 0 saturated carbocycles. The Kier molecular flexibility index (Phi) is 11.9. The van der Waals surface area contributed by atoms with Crippen LogP contribution < -0.4 is 21.7 Å². The molecule has 1 fully saturated rings. The molecule has 4 aliphatic heterocycles. The number of rotatable bonds is 0. The van der Waals surface area contributed by atoms with Crippen molar-refractivity contribution in [2.24, 2.45) is 4.99 Å². The Morgan fingerprint density at radius 1 is 0.972 bits per heavy atom. The monoisotopic (exact) mass is 500 g/mol. The SMILES string of the molecule is C=C1C=C(C)N(C)N1.C=C1C=C(C)ON1.C=C1CN(C)C(=O)N1.C=C1N=C(C)NO1.Cc1ncn[nH]1. The molecule has 5 heterocycles. The summed E-state index contributed by atoms with van der Waals surface area (Å²) in [5.74, 6) is 2.91. The molecule has 1 aromatic rings. The first-order valence-corrected chi connectivity index (χ1v) is 10.7. The van der Waals surface area contributed by atoms with Crippen molar-refractivity contribution in [3.8, 4) is 0 Å². The third-order valence-corrected chi connectivity index (χ3v) is 4.15. The topological polar surface area (TPSA) is 144 Å². The molecule has 2 amide bonds. The van der Waals surface area contributed by atoms with Crippen LogP contribution in [0.2, 0.25) is 0 Å². The molecule has 0 aromatic carbocycles. The van der Waals surface area contributed by atoms with Crippen molar-refractivity contribution in [1.29, 1.82) is 0 Å². The van der Waals surface area contributed by atoms with Crippen LogP contribution in [0.15, 0.2) is 84.2 Å². The molecule has 5 rings (SSSR count). The summed E-state index contributed by atoms with van der Waals surface area (Å²) in [6.45, 7) is 22.5. The van der Waals surface area contributed by atoms with Crippen molar-refractivity contribution in [3.63, 3.8) is 0 Å². The molecule has 1 aromatic heterocycles. The minimum atomic E-state index is -0.0602. The number of aliphatic imine (C=N–C) groups is 1. The quantitative estimate of drug-likeness (QED) is 0.363. The number of hydrogen-bond donors (Lipinski definition) is 5. The van der Waals surface area contributed by atoms with Gasteiger partial charge < -0.3 is 19.9 Å². The number of urea groups is 1. The molecule has 0 aliphatic carbocycles. The van der Waals surface area contributed by atoms with Crippen molar-refractivity contribution in [2.45, 2.75) is 27.7 Å². The highest BCUT2D eigenvalue weighted by molar-refractivity contribution is 5.80. The van der Waals surface area contributed by atoms with Crippen molar-refractivity contribution in [1.82, 2.24) is 46.8 Å². The van der Waals surface area contributed by atoms with Crippen LogP contribution in [0.4, 0.5) is 4.79 Å². The fourth-order valence-corrected chi connectivity index (χ4v) is 2.41. The summed E-state index contributed by atoms with van der Waals surface area (Å²) in [5.41, 5.74) is 11.9. The number of aromatic nitrogens is 3. The summed E-state index contributed by atoms with van der Waals surface area (Å²) in [5, 5.41) is 10.7. The molecule has 5 N–H and O–H groups in total. The lowest BCUT2D eigenvalue weighted by Crippen LogP contribution is -2.24. The van der Waals surface area contributed by atoms with Gasteiger partial charge in [-0.3, -0.25) is 15.5 Å². The third kappa shape index (κ3) is 12.0. The highest BCUT2D eigenvalue weighted by atomic mass is 16.7. The lowest BCUT2D eigenvalue weighted by Gasteiger charge is -2.12. The van der Waals surface area contributed by atoms with E-state index >= 15 is 0 Å². The maximum Gasteiger partial charge on any atom is 0.321 e. The predicted molar refractivity (Wildman–Crippen MR) is 139 cm³/mol. The number of carbonyl (C=O) groups is 1. The minimum Gasteiger partial charge on any atom is -0.387 e. The lowest BCUT2D eigenvalue weighted by atomic mass is 10.4. The van der Waals surface area contributed by atoms with Gasteiger partial charge in [0.2, 0.25) is 5.88 Å². The molecule has 0 atom stereocenters. The zero-order valence-corrected chi connectivity index (χ0v) is 21.7. The number of aromatic amines is 1. The molecule has 13 heteroatoms. The second kappa shape index (κ2) is 14.6. The average Bonchev–Trinajstić information content (AvgIpc) is 3.60. The van der Waals surface area contributed by atoms with E-state index in [0.29, 0.717) is 12.4 Å². The second-order valence-corrected chi connectivity index (χ2v) is 7.72. The fraction of sp³-hybridized carbons (Fsp3) is 0.304. The highest BCUT2D eigenvalue weighted by Crippen LogP contribution is 2.08. The van der Waals surface area contributed by atoms with Crippen LogP contribution in [0.3, 0.4) is 0 Å². The summed E-state index contributed by atoms with van der Waals surface area (Å²) in [6, 6.07) is -0.0602. The number of likely N-dealkylation sites (N-methyl/N-ethyl adjacent to an activating group) is 1. The Hall–Kier alpha value is -4.68. The van der Waals surface area contributed by atoms with E-state index in [1.807, 2.05) is 45.0 Å². The zero-order valence-electron chi connectivity index (χ0n) is 21.7. The van der Waals surface area contributed by atoms with Gasteiger partial charge in [0.1, 0.15) is 23.7 Å². The summed E-state index contributed by atoms with van der Waals surface area (Å²) < 4.78 is 0. The van der Waals surface area contributed by atoms with Crippen LogP contribution in [-0.4, -0.2) is 57.6 Å². The van der Waals surface area contributed by atoms with Crippen molar-refractivity contribution >= 4 is 11.9 Å². The molecule has 4 aliphatic rings. The molecule has 0 unspecified atom stereocenters. The summed E-state index contributed by atoms with van der Waals surface area (Å²) in [4.78, 5) is 29.0. The molecule has 0 radical (unpaired) electrons. The van der Waals surface area contributed by atoms with Crippen LogP contribution in [-0.2, 0) is 9.68 Å². The molecular formula is C23H36N10O3. The Morgan fingerprint density at radius 3 is 1.81 bits per heavy atom. The number of hydroxylamine groups is 2. The minimum absolute atomic E-state index is 0.0602. The van der Waals surface area contributed by atoms with Gasteiger partial charge >= 0.3 is 6.03 Å². The zero-order chi connectivity index (χ0) is 27.3. The van der Waals surface area contributed by atoms with E-state index in [1.54, 1.807) is 18.9 Å². The van der Waals surface area contributed by atoms with E-state index in [1.165, 1.54) is 12.0 Å². The number of nitrogens with one attached hydrogen (secondary N) is 5. The molecule has 196 valence electrons. The number of amides is 2. The summed E-state index contributed by atoms with van der Waals surface area (Å²) in [7, 11) is 3.69. The van der Waals surface area contributed by atoms with Gasteiger partial charge in [0.05, 0.1) is 12.2 Å². The first-order valence-electron chi connectivity index (χ1n) is 10.7. The molecular weight excluding hydrogens is 464 g/mol. The van der Waals surface area contributed by atoms with Gasteiger partial charge in [0.25, 0.3) is 0 Å². The summed E-state index contributed by atoms with van der Waals surface area (Å²) >= 11 is 0. The smallest absolute Gasteiger partial charge is 0.321 e. The Balaban J connectivity index is 0.000000226. The first-order chi connectivity index (χ1) is 16.9. The van der Waals surface area contributed by atoms with E-state index in [4.69, 9.17) is 4.84 Å². The van der Waals surface area contributed by atoms with Gasteiger partial charge in [-0.25, -0.2) is 20.7 Å². The molecule has 0 bridgehead atoms. The van der Waals surface area contributed by atoms with Gasteiger partial charge in [-0.15, -0.1) is 0 Å².